The monoisotopic (exact) mass is 450 g/mol. The first kappa shape index (κ1) is 20.0. The molecule has 3 aromatic carbocycles. The van der Waals surface area contributed by atoms with Crippen LogP contribution in [0.2, 0.25) is 0 Å². The maximum absolute atomic E-state index is 7.63. The number of nitrogens with two attached hydrogens (primary N) is 1. The Hall–Kier alpha value is -4.66. The fourth-order valence-corrected chi connectivity index (χ4v) is 4.24. The third kappa shape index (κ3) is 3.34. The van der Waals surface area contributed by atoms with Crippen LogP contribution in [0.4, 0.5) is 0 Å². The van der Waals surface area contributed by atoms with Gasteiger partial charge in [-0.2, -0.15) is 0 Å². The van der Waals surface area contributed by atoms with Gasteiger partial charge < -0.3 is 20.4 Å². The number of ether oxygens (including phenoxy) is 1. The number of hydrogen-bond acceptors (Lipinski definition) is 5. The van der Waals surface area contributed by atoms with E-state index in [1.807, 2.05) is 66.3 Å². The van der Waals surface area contributed by atoms with Gasteiger partial charge in [0.15, 0.2) is 0 Å². The second-order valence-electron chi connectivity index (χ2n) is 8.07. The van der Waals surface area contributed by atoms with Gasteiger partial charge in [-0.3, -0.25) is 9.98 Å². The summed E-state index contributed by atoms with van der Waals surface area (Å²) in [5, 5.41) is 7.63. The molecular formula is C25H22N8O. The number of aromatic nitrogens is 6. The second-order valence-corrected chi connectivity index (χ2v) is 8.07. The molecule has 0 spiro atoms. The summed E-state index contributed by atoms with van der Waals surface area (Å²) in [6.45, 7) is 2.50. The molecule has 9 heteroatoms. The third-order valence-corrected chi connectivity index (χ3v) is 5.79. The number of benzene rings is 3. The lowest BCUT2D eigenvalue weighted by Gasteiger charge is -2.09. The minimum absolute atomic E-state index is 0.0219. The molecule has 0 atom stereocenters. The number of nitrogens with zero attached hydrogens (tertiary/aromatic N) is 4. The number of nitrogens with one attached hydrogen (secondary N) is 3. The molecule has 9 nitrogen and oxygen atoms in total. The molecule has 3 heterocycles. The highest BCUT2D eigenvalue weighted by Crippen LogP contribution is 2.30. The summed E-state index contributed by atoms with van der Waals surface area (Å²) >= 11 is 0. The number of para-hydroxylation sites is 2. The molecule has 0 bridgehead atoms. The van der Waals surface area contributed by atoms with Crippen LogP contribution in [0.1, 0.15) is 24.1 Å². The van der Waals surface area contributed by atoms with Crippen molar-refractivity contribution in [3.63, 3.8) is 0 Å². The first-order valence-corrected chi connectivity index (χ1v) is 11.0. The summed E-state index contributed by atoms with van der Waals surface area (Å²) in [6, 6.07) is 17.6. The molecular weight excluding hydrogens is 428 g/mol. The Bertz CT molecular complexity index is 1690. The van der Waals surface area contributed by atoms with Gasteiger partial charge in [-0.05, 0) is 43.3 Å². The van der Waals surface area contributed by atoms with Crippen LogP contribution in [-0.4, -0.2) is 41.9 Å². The van der Waals surface area contributed by atoms with Crippen LogP contribution in [0.25, 0.3) is 38.8 Å². The number of nitrogen functional groups attached to an aromatic ring is 1. The minimum Gasteiger partial charge on any atom is -0.491 e. The number of aromatic amines is 2. The van der Waals surface area contributed by atoms with E-state index in [2.05, 4.69) is 26.0 Å². The van der Waals surface area contributed by atoms with Crippen molar-refractivity contribution < 1.29 is 4.74 Å². The molecule has 34 heavy (non-hydrogen) atoms. The predicted octanol–water partition coefficient (Wildman–Crippen LogP) is 4.05. The van der Waals surface area contributed by atoms with Crippen LogP contribution in [-0.2, 0) is 6.42 Å². The number of rotatable bonds is 6. The largest absolute Gasteiger partial charge is 0.491 e. The summed E-state index contributed by atoms with van der Waals surface area (Å²) in [6.07, 6.45) is 2.32. The van der Waals surface area contributed by atoms with E-state index in [0.717, 1.165) is 50.4 Å². The van der Waals surface area contributed by atoms with Crippen LogP contribution >= 0.6 is 0 Å². The Morgan fingerprint density at radius 1 is 1.00 bits per heavy atom. The average molecular weight is 451 g/mol. The van der Waals surface area contributed by atoms with Crippen molar-refractivity contribution in [1.29, 1.82) is 5.41 Å². The number of fused-ring (bicyclic) bond motifs is 3. The Kier molecular flexibility index (Phi) is 4.54. The van der Waals surface area contributed by atoms with E-state index in [1.165, 1.54) is 0 Å². The number of amidine groups is 1. The highest BCUT2D eigenvalue weighted by Gasteiger charge is 2.15. The van der Waals surface area contributed by atoms with Crippen molar-refractivity contribution in [2.24, 2.45) is 5.73 Å². The van der Waals surface area contributed by atoms with Crippen molar-refractivity contribution in [3.05, 3.63) is 78.1 Å². The topological polar surface area (TPSA) is 134 Å². The Balaban J connectivity index is 1.40. The highest BCUT2D eigenvalue weighted by molar-refractivity contribution is 5.98. The standard InChI is InChI=1S/C25H22N8O/c1-2-34-21-11-15(33-13-28-17-5-3-4-6-20(17)33)10-19-24(21)32-23(31-19)12-22-29-16-8-7-14(25(26)27)9-18(16)30-22/h3-11,13H,2,12H2,1H3,(H3,26,27)(H,29,30)(H,31,32). The molecule has 0 fully saturated rings. The maximum atomic E-state index is 7.63. The SMILES string of the molecule is CCOc1cc(-n2cnc3ccccc32)cc2[nH]c(Cc3nc4cc(C(=N)N)ccc4[nH]3)nc12. The van der Waals surface area contributed by atoms with E-state index in [0.29, 0.717) is 24.3 Å². The summed E-state index contributed by atoms with van der Waals surface area (Å²) in [4.78, 5) is 20.7. The molecule has 168 valence electrons. The van der Waals surface area contributed by atoms with Crippen LogP contribution in [0, 0.1) is 5.41 Å². The fraction of sp³-hybridized carbons (Fsp3) is 0.120. The molecule has 3 aromatic heterocycles. The molecule has 0 saturated carbocycles. The van der Waals surface area contributed by atoms with Crippen molar-refractivity contribution in [1.82, 2.24) is 29.5 Å². The summed E-state index contributed by atoms with van der Waals surface area (Å²) in [5.74, 6) is 2.28. The maximum Gasteiger partial charge on any atom is 0.149 e. The average Bonchev–Trinajstić information content (AvgIpc) is 3.54. The molecule has 6 aromatic rings. The Labute approximate surface area is 194 Å². The first-order valence-electron chi connectivity index (χ1n) is 11.0. The minimum atomic E-state index is 0.0219. The van der Waals surface area contributed by atoms with Crippen LogP contribution in [0.5, 0.6) is 5.75 Å². The molecule has 5 N–H and O–H groups in total. The normalized spacial score (nSPS) is 11.6. The number of hydrogen-bond donors (Lipinski definition) is 4. The van der Waals surface area contributed by atoms with Crippen molar-refractivity contribution in [2.75, 3.05) is 6.61 Å². The Morgan fingerprint density at radius 2 is 1.82 bits per heavy atom. The lowest BCUT2D eigenvalue weighted by atomic mass is 10.2. The molecule has 0 saturated heterocycles. The smallest absolute Gasteiger partial charge is 0.149 e. The molecule has 0 unspecified atom stereocenters. The molecule has 0 aliphatic rings. The number of H-pyrrole nitrogens is 2. The van der Waals surface area contributed by atoms with Gasteiger partial charge >= 0.3 is 0 Å². The molecule has 0 aliphatic heterocycles. The summed E-state index contributed by atoms with van der Waals surface area (Å²) in [5.41, 5.74) is 12.5. The molecule has 0 aliphatic carbocycles. The van der Waals surface area contributed by atoms with Gasteiger partial charge in [-0.1, -0.05) is 12.1 Å². The quantitative estimate of drug-likeness (QED) is 0.224. The van der Waals surface area contributed by atoms with Gasteiger partial charge in [-0.15, -0.1) is 0 Å². The molecule has 0 amide bonds. The van der Waals surface area contributed by atoms with E-state index in [4.69, 9.17) is 20.9 Å². The van der Waals surface area contributed by atoms with Gasteiger partial charge in [0, 0.05) is 11.6 Å². The first-order chi connectivity index (χ1) is 16.6. The van der Waals surface area contributed by atoms with Crippen molar-refractivity contribution in [3.8, 4) is 11.4 Å². The van der Waals surface area contributed by atoms with E-state index in [-0.39, 0.29) is 5.84 Å². The summed E-state index contributed by atoms with van der Waals surface area (Å²) in [7, 11) is 0. The van der Waals surface area contributed by atoms with Gasteiger partial charge in [0.1, 0.15) is 35.1 Å². The van der Waals surface area contributed by atoms with E-state index >= 15 is 0 Å². The summed E-state index contributed by atoms with van der Waals surface area (Å²) < 4.78 is 7.99. The highest BCUT2D eigenvalue weighted by atomic mass is 16.5. The van der Waals surface area contributed by atoms with Gasteiger partial charge in [0.25, 0.3) is 0 Å². The van der Waals surface area contributed by atoms with E-state index in [1.54, 1.807) is 0 Å². The van der Waals surface area contributed by atoms with E-state index in [9.17, 15) is 0 Å². The molecule has 0 radical (unpaired) electrons. The van der Waals surface area contributed by atoms with Crippen LogP contribution in [0.15, 0.2) is 60.9 Å². The van der Waals surface area contributed by atoms with Crippen molar-refractivity contribution in [2.45, 2.75) is 13.3 Å². The lowest BCUT2D eigenvalue weighted by molar-refractivity contribution is 0.343. The molecule has 6 rings (SSSR count). The van der Waals surface area contributed by atoms with Gasteiger partial charge in [0.2, 0.25) is 0 Å². The predicted molar refractivity (Wildman–Crippen MR) is 132 cm³/mol. The van der Waals surface area contributed by atoms with Gasteiger partial charge in [-0.25, -0.2) is 15.0 Å². The fourth-order valence-electron chi connectivity index (χ4n) is 4.24. The zero-order chi connectivity index (χ0) is 23.2. The van der Waals surface area contributed by atoms with Crippen LogP contribution < -0.4 is 10.5 Å². The third-order valence-electron chi connectivity index (χ3n) is 5.79. The van der Waals surface area contributed by atoms with E-state index < -0.39 is 0 Å². The number of imidazole rings is 3. The Morgan fingerprint density at radius 3 is 2.68 bits per heavy atom. The van der Waals surface area contributed by atoms with Crippen LogP contribution in [0.3, 0.4) is 0 Å². The van der Waals surface area contributed by atoms with Gasteiger partial charge in [0.05, 0.1) is 46.3 Å². The zero-order valence-electron chi connectivity index (χ0n) is 18.5. The second kappa shape index (κ2) is 7.73. The lowest BCUT2D eigenvalue weighted by Crippen LogP contribution is -2.10. The zero-order valence-corrected chi connectivity index (χ0v) is 18.5. The van der Waals surface area contributed by atoms with Crippen molar-refractivity contribution >= 4 is 38.9 Å².